The van der Waals surface area contributed by atoms with Crippen LogP contribution < -0.4 is 0 Å². The molecule has 4 heteroatoms. The van der Waals surface area contributed by atoms with Gasteiger partial charge in [0.1, 0.15) is 5.73 Å². The van der Waals surface area contributed by atoms with Gasteiger partial charge in [-0.2, -0.15) is 0 Å². The first-order chi connectivity index (χ1) is 5.11. The van der Waals surface area contributed by atoms with Crippen molar-refractivity contribution >= 4 is 15.7 Å². The Bertz CT molecular complexity index is 152. The molecule has 0 radical (unpaired) electrons. The molecule has 0 rings (SSSR count). The smallest absolute Gasteiger partial charge is 0.333 e. The van der Waals surface area contributed by atoms with Crippen LogP contribution in [-0.4, -0.2) is 26.3 Å². The predicted octanol–water partition coefficient (Wildman–Crippen LogP) is -0.0821. The lowest BCUT2D eigenvalue weighted by atomic mass is 10.4. The minimum Gasteiger partial charge on any atom is -0.461 e. The molecule has 0 aliphatic rings. The third kappa shape index (κ3) is 3.95. The van der Waals surface area contributed by atoms with Crippen molar-refractivity contribution in [1.82, 2.24) is 0 Å². The van der Waals surface area contributed by atoms with Crippen LogP contribution in [0.15, 0.2) is 12.2 Å². The van der Waals surface area contributed by atoms with Gasteiger partial charge in [0.15, 0.2) is 9.76 Å². The zero-order chi connectivity index (χ0) is 8.85. The van der Waals surface area contributed by atoms with Gasteiger partial charge in [-0.3, -0.25) is 0 Å². The number of carbonyl (C=O) groups excluding carboxylic acids is 1. The molecule has 0 aliphatic carbocycles. The molecule has 64 valence electrons. The molecule has 0 saturated carbocycles. The fraction of sp³-hybridized carbons (Fsp3) is 0.571. The van der Waals surface area contributed by atoms with Gasteiger partial charge >= 0.3 is 5.97 Å². The lowest BCUT2D eigenvalue weighted by Gasteiger charge is -2.11. The minimum atomic E-state index is -1.23. The summed E-state index contributed by atoms with van der Waals surface area (Å²) in [5.74, 6) is -0.404. The summed E-state index contributed by atoms with van der Waals surface area (Å²) in [7, 11) is -1.23. The molecule has 0 heterocycles. The molecule has 0 aromatic heterocycles. The Labute approximate surface area is 69.0 Å². The third-order valence-electron chi connectivity index (χ3n) is 1.28. The quantitative estimate of drug-likeness (QED) is 0.368. The molecular weight excluding hydrogens is 160 g/mol. The second kappa shape index (κ2) is 5.09. The predicted molar refractivity (Wildman–Crippen MR) is 45.7 cm³/mol. The highest BCUT2D eigenvalue weighted by Crippen LogP contribution is 1.99. The number of rotatable bonds is 4. The van der Waals surface area contributed by atoms with Crippen molar-refractivity contribution in [2.45, 2.75) is 26.0 Å². The van der Waals surface area contributed by atoms with E-state index < -0.39 is 15.7 Å². The summed E-state index contributed by atoms with van der Waals surface area (Å²) < 4.78 is 4.88. The van der Waals surface area contributed by atoms with Crippen molar-refractivity contribution in [3.8, 4) is 0 Å². The maximum Gasteiger partial charge on any atom is 0.333 e. The first-order valence-corrected chi connectivity index (χ1v) is 5.04. The summed E-state index contributed by atoms with van der Waals surface area (Å²) in [5, 5.41) is 0. The van der Waals surface area contributed by atoms with E-state index in [0.717, 1.165) is 0 Å². The van der Waals surface area contributed by atoms with Crippen LogP contribution in [0.1, 0.15) is 20.3 Å². The van der Waals surface area contributed by atoms with E-state index in [9.17, 15) is 4.79 Å². The lowest BCUT2D eigenvalue weighted by molar-refractivity contribution is -0.141. The minimum absolute atomic E-state index is 0.251. The highest BCUT2D eigenvalue weighted by atomic mass is 28.2. The van der Waals surface area contributed by atoms with E-state index in [1.54, 1.807) is 6.92 Å². The number of ether oxygens (including phenoxy) is 1. The Hall–Kier alpha value is -0.613. The van der Waals surface area contributed by atoms with Gasteiger partial charge < -0.3 is 9.53 Å². The van der Waals surface area contributed by atoms with Crippen molar-refractivity contribution in [3.05, 3.63) is 12.2 Å². The van der Waals surface area contributed by atoms with Crippen LogP contribution in [0, 0.1) is 0 Å². The zero-order valence-corrected chi connectivity index (χ0v) is 8.38. The highest BCUT2D eigenvalue weighted by Gasteiger charge is 2.11. The molecule has 0 fully saturated rings. The molecule has 0 aromatic carbocycles. The number of hydrogen-bond acceptors (Lipinski definition) is 3. The SMILES string of the molecule is C=C(C)C(=O)OC(CC)[SiH2]O. The first-order valence-electron chi connectivity index (χ1n) is 3.59. The van der Waals surface area contributed by atoms with Crippen LogP contribution in [0.5, 0.6) is 0 Å². The summed E-state index contributed by atoms with van der Waals surface area (Å²) in [6.45, 7) is 6.90. The highest BCUT2D eigenvalue weighted by molar-refractivity contribution is 6.27. The second-order valence-electron chi connectivity index (χ2n) is 2.40. The molecule has 1 atom stereocenters. The number of carbonyl (C=O) groups is 1. The van der Waals surface area contributed by atoms with E-state index >= 15 is 0 Å². The summed E-state index contributed by atoms with van der Waals surface area (Å²) in [4.78, 5) is 19.6. The van der Waals surface area contributed by atoms with Crippen molar-refractivity contribution in [2.24, 2.45) is 0 Å². The second-order valence-corrected chi connectivity index (χ2v) is 3.67. The van der Waals surface area contributed by atoms with E-state index in [-0.39, 0.29) is 5.73 Å². The van der Waals surface area contributed by atoms with Gasteiger partial charge in [-0.25, -0.2) is 4.79 Å². The largest absolute Gasteiger partial charge is 0.461 e. The zero-order valence-electron chi connectivity index (χ0n) is 6.96. The normalized spacial score (nSPS) is 13.4. The van der Waals surface area contributed by atoms with Crippen LogP contribution in [-0.2, 0) is 9.53 Å². The molecule has 1 N–H and O–H groups in total. The van der Waals surface area contributed by atoms with Crippen LogP contribution in [0.3, 0.4) is 0 Å². The fourth-order valence-electron chi connectivity index (χ4n) is 0.502. The molecule has 3 nitrogen and oxygen atoms in total. The van der Waals surface area contributed by atoms with Crippen molar-refractivity contribution < 1.29 is 14.3 Å². The Kier molecular flexibility index (Phi) is 4.81. The van der Waals surface area contributed by atoms with Gasteiger partial charge in [-0.15, -0.1) is 0 Å². The van der Waals surface area contributed by atoms with Gasteiger partial charge in [0.05, 0.1) is 0 Å². The van der Waals surface area contributed by atoms with Gasteiger partial charge in [-0.1, -0.05) is 13.5 Å². The Morgan fingerprint density at radius 3 is 2.64 bits per heavy atom. The third-order valence-corrected chi connectivity index (χ3v) is 2.43. The van der Waals surface area contributed by atoms with Gasteiger partial charge in [-0.05, 0) is 13.3 Å². The molecule has 0 amide bonds. The first kappa shape index (κ1) is 10.4. The molecule has 0 bridgehead atoms. The van der Waals surface area contributed by atoms with E-state index in [0.29, 0.717) is 12.0 Å². The van der Waals surface area contributed by atoms with Crippen LogP contribution in [0.2, 0.25) is 0 Å². The van der Waals surface area contributed by atoms with Crippen LogP contribution >= 0.6 is 0 Å². The van der Waals surface area contributed by atoms with Gasteiger partial charge in [0.2, 0.25) is 0 Å². The fourth-order valence-corrected chi connectivity index (χ4v) is 0.986. The maximum absolute atomic E-state index is 10.9. The molecule has 0 aliphatic heterocycles. The molecule has 1 unspecified atom stereocenters. The lowest BCUT2D eigenvalue weighted by Crippen LogP contribution is -2.23. The van der Waals surface area contributed by atoms with E-state index in [4.69, 9.17) is 9.53 Å². The van der Waals surface area contributed by atoms with Crippen LogP contribution in [0.25, 0.3) is 0 Å². The summed E-state index contributed by atoms with van der Waals surface area (Å²) in [6, 6.07) is 0. The van der Waals surface area contributed by atoms with Crippen molar-refractivity contribution in [1.29, 1.82) is 0 Å². The standard InChI is InChI=1S/C7H14O3Si/c1-4-6(11-9)10-7(8)5(2)3/h6,9H,2,4,11H2,1,3H3. The molecule has 11 heavy (non-hydrogen) atoms. The van der Waals surface area contributed by atoms with Gasteiger partial charge in [0.25, 0.3) is 0 Å². The molecule has 0 aromatic rings. The van der Waals surface area contributed by atoms with E-state index in [1.807, 2.05) is 6.92 Å². The average molecular weight is 174 g/mol. The summed E-state index contributed by atoms with van der Waals surface area (Å²) in [6.07, 6.45) is 0.682. The summed E-state index contributed by atoms with van der Waals surface area (Å²) in [5.41, 5.74) is 0.130. The summed E-state index contributed by atoms with van der Waals surface area (Å²) >= 11 is 0. The number of esters is 1. The average Bonchev–Trinajstić information content (AvgIpc) is 1.99. The molecule has 0 spiro atoms. The Morgan fingerprint density at radius 1 is 1.82 bits per heavy atom. The topological polar surface area (TPSA) is 46.5 Å². The monoisotopic (exact) mass is 174 g/mol. The van der Waals surface area contributed by atoms with E-state index in [1.165, 1.54) is 0 Å². The Morgan fingerprint density at radius 2 is 2.36 bits per heavy atom. The van der Waals surface area contributed by atoms with Gasteiger partial charge in [0, 0.05) is 5.57 Å². The Balaban J connectivity index is 3.81. The van der Waals surface area contributed by atoms with Crippen molar-refractivity contribution in [3.63, 3.8) is 0 Å². The molecular formula is C7H14O3Si. The van der Waals surface area contributed by atoms with E-state index in [2.05, 4.69) is 6.58 Å². The maximum atomic E-state index is 10.9. The van der Waals surface area contributed by atoms with Crippen LogP contribution in [0.4, 0.5) is 0 Å². The molecule has 0 saturated heterocycles. The van der Waals surface area contributed by atoms with Crippen molar-refractivity contribution in [2.75, 3.05) is 0 Å². The number of hydrogen-bond donors (Lipinski definition) is 1.